The van der Waals surface area contributed by atoms with Crippen LogP contribution >= 0.6 is 0 Å². The smallest absolute Gasteiger partial charge is 0.0359 e. The van der Waals surface area contributed by atoms with Crippen molar-refractivity contribution < 1.29 is 0 Å². The summed E-state index contributed by atoms with van der Waals surface area (Å²) in [6, 6.07) is 4.77. The molecule has 0 saturated heterocycles. The maximum atomic E-state index is 3.54. The van der Waals surface area contributed by atoms with Crippen LogP contribution in [0.1, 0.15) is 32.9 Å². The lowest BCUT2D eigenvalue weighted by Crippen LogP contribution is -2.32. The van der Waals surface area contributed by atoms with Gasteiger partial charge in [-0.25, -0.2) is 0 Å². The molecule has 1 aromatic heterocycles. The van der Waals surface area contributed by atoms with Crippen molar-refractivity contribution >= 4 is 0 Å². The molecule has 13 heavy (non-hydrogen) atoms. The van der Waals surface area contributed by atoms with Gasteiger partial charge >= 0.3 is 0 Å². The second-order valence-electron chi connectivity index (χ2n) is 3.84. The first-order valence-electron chi connectivity index (χ1n) is 5.09. The molecule has 2 heteroatoms. The predicted octanol–water partition coefficient (Wildman–Crippen LogP) is 2.54. The number of aromatic nitrogens is 1. The average molecular weight is 180 g/mol. The van der Waals surface area contributed by atoms with Crippen LogP contribution in [-0.2, 0) is 6.54 Å². The normalized spacial score (nSPS) is 13.5. The summed E-state index contributed by atoms with van der Waals surface area (Å²) in [4.78, 5) is 3.19. The summed E-state index contributed by atoms with van der Waals surface area (Å²) < 4.78 is 0. The Labute approximate surface area is 80.7 Å². The van der Waals surface area contributed by atoms with Crippen molar-refractivity contribution in [3.63, 3.8) is 0 Å². The first-order valence-corrected chi connectivity index (χ1v) is 5.09. The van der Waals surface area contributed by atoms with Crippen LogP contribution in [0.3, 0.4) is 0 Å². The Morgan fingerprint density at radius 2 is 2.23 bits per heavy atom. The molecular weight excluding hydrogens is 160 g/mol. The fourth-order valence-corrected chi connectivity index (χ4v) is 1.57. The zero-order valence-electron chi connectivity index (χ0n) is 8.80. The largest absolute Gasteiger partial charge is 0.364 e. The Hall–Kier alpha value is -0.760. The fraction of sp³-hybridized carbons (Fsp3) is 0.636. The van der Waals surface area contributed by atoms with Gasteiger partial charge in [0, 0.05) is 24.5 Å². The van der Waals surface area contributed by atoms with Crippen molar-refractivity contribution in [1.82, 2.24) is 10.3 Å². The van der Waals surface area contributed by atoms with Gasteiger partial charge in [0.05, 0.1) is 0 Å². The molecule has 74 valence electrons. The van der Waals surface area contributed by atoms with Crippen LogP contribution in [0.5, 0.6) is 0 Å². The highest BCUT2D eigenvalue weighted by atomic mass is 14.9. The molecule has 0 bridgehead atoms. The second-order valence-corrected chi connectivity index (χ2v) is 3.84. The summed E-state index contributed by atoms with van der Waals surface area (Å²) in [6.45, 7) is 7.70. The molecule has 2 N–H and O–H groups in total. The number of rotatable bonds is 5. The Kier molecular flexibility index (Phi) is 4.03. The molecule has 1 aromatic rings. The lowest BCUT2D eigenvalue weighted by molar-refractivity contribution is 0.386. The summed E-state index contributed by atoms with van der Waals surface area (Å²) in [5.41, 5.74) is 1.26. The van der Waals surface area contributed by atoms with Gasteiger partial charge in [0.1, 0.15) is 0 Å². The molecule has 1 heterocycles. The van der Waals surface area contributed by atoms with Crippen LogP contribution < -0.4 is 5.32 Å². The van der Waals surface area contributed by atoms with E-state index in [4.69, 9.17) is 0 Å². The van der Waals surface area contributed by atoms with Crippen molar-refractivity contribution in [2.24, 2.45) is 5.92 Å². The summed E-state index contributed by atoms with van der Waals surface area (Å²) in [5, 5.41) is 3.54. The van der Waals surface area contributed by atoms with Gasteiger partial charge < -0.3 is 10.3 Å². The molecule has 0 saturated carbocycles. The molecule has 0 fully saturated rings. The van der Waals surface area contributed by atoms with Crippen molar-refractivity contribution in [3.05, 3.63) is 24.0 Å². The van der Waals surface area contributed by atoms with Gasteiger partial charge in [-0.1, -0.05) is 20.8 Å². The molecular formula is C11H20N2. The minimum atomic E-state index is 0.628. The molecule has 1 unspecified atom stereocenters. The monoisotopic (exact) mass is 180 g/mol. The van der Waals surface area contributed by atoms with Crippen molar-refractivity contribution in [2.75, 3.05) is 0 Å². The molecule has 0 amide bonds. The van der Waals surface area contributed by atoms with Crippen LogP contribution in [-0.4, -0.2) is 11.0 Å². The van der Waals surface area contributed by atoms with Gasteiger partial charge in [0.15, 0.2) is 0 Å². The summed E-state index contributed by atoms with van der Waals surface area (Å²) >= 11 is 0. The summed E-state index contributed by atoms with van der Waals surface area (Å²) in [5.74, 6) is 0.708. The lowest BCUT2D eigenvalue weighted by atomic mass is 10.0. The van der Waals surface area contributed by atoms with E-state index in [-0.39, 0.29) is 0 Å². The molecule has 0 radical (unpaired) electrons. The van der Waals surface area contributed by atoms with E-state index in [2.05, 4.69) is 37.1 Å². The van der Waals surface area contributed by atoms with Crippen LogP contribution in [0, 0.1) is 5.92 Å². The maximum Gasteiger partial charge on any atom is 0.0359 e. The molecule has 0 aliphatic rings. The number of H-pyrrole nitrogens is 1. The van der Waals surface area contributed by atoms with E-state index < -0.39 is 0 Å². The highest BCUT2D eigenvalue weighted by Gasteiger charge is 2.09. The molecule has 0 spiro atoms. The van der Waals surface area contributed by atoms with Gasteiger partial charge in [-0.05, 0) is 24.5 Å². The van der Waals surface area contributed by atoms with Gasteiger partial charge in [-0.15, -0.1) is 0 Å². The summed E-state index contributed by atoms with van der Waals surface area (Å²) in [7, 11) is 0. The van der Waals surface area contributed by atoms with E-state index in [0.717, 1.165) is 6.54 Å². The minimum Gasteiger partial charge on any atom is -0.364 e. The van der Waals surface area contributed by atoms with Crippen molar-refractivity contribution in [2.45, 2.75) is 39.8 Å². The number of aromatic amines is 1. The zero-order chi connectivity index (χ0) is 9.68. The molecule has 0 aromatic carbocycles. The lowest BCUT2D eigenvalue weighted by Gasteiger charge is -2.20. The molecule has 0 aliphatic carbocycles. The third kappa shape index (κ3) is 3.23. The Bertz CT molecular complexity index is 214. The first-order chi connectivity index (χ1) is 6.24. The number of hydrogen-bond donors (Lipinski definition) is 2. The minimum absolute atomic E-state index is 0.628. The van der Waals surface area contributed by atoms with E-state index in [0.29, 0.717) is 12.0 Å². The van der Waals surface area contributed by atoms with Crippen LogP contribution in [0.2, 0.25) is 0 Å². The third-order valence-electron chi connectivity index (χ3n) is 2.46. The van der Waals surface area contributed by atoms with E-state index in [1.807, 2.05) is 12.3 Å². The topological polar surface area (TPSA) is 27.8 Å². The van der Waals surface area contributed by atoms with E-state index in [1.54, 1.807) is 0 Å². The van der Waals surface area contributed by atoms with Gasteiger partial charge in [0.2, 0.25) is 0 Å². The SMILES string of the molecule is CCC(NCc1ccc[nH]1)C(C)C. The highest BCUT2D eigenvalue weighted by molar-refractivity contribution is 5.03. The summed E-state index contributed by atoms with van der Waals surface area (Å²) in [6.07, 6.45) is 3.16. The quantitative estimate of drug-likeness (QED) is 0.716. The van der Waals surface area contributed by atoms with Gasteiger partial charge in [-0.2, -0.15) is 0 Å². The Morgan fingerprint density at radius 1 is 1.46 bits per heavy atom. The van der Waals surface area contributed by atoms with E-state index >= 15 is 0 Å². The second kappa shape index (κ2) is 5.07. The van der Waals surface area contributed by atoms with Crippen LogP contribution in [0.15, 0.2) is 18.3 Å². The number of hydrogen-bond acceptors (Lipinski definition) is 1. The highest BCUT2D eigenvalue weighted by Crippen LogP contribution is 2.06. The zero-order valence-corrected chi connectivity index (χ0v) is 8.80. The number of nitrogens with one attached hydrogen (secondary N) is 2. The average Bonchev–Trinajstić information content (AvgIpc) is 2.57. The van der Waals surface area contributed by atoms with Gasteiger partial charge in [0.25, 0.3) is 0 Å². The van der Waals surface area contributed by atoms with Crippen LogP contribution in [0.4, 0.5) is 0 Å². The van der Waals surface area contributed by atoms with Crippen molar-refractivity contribution in [3.8, 4) is 0 Å². The van der Waals surface area contributed by atoms with E-state index in [1.165, 1.54) is 12.1 Å². The van der Waals surface area contributed by atoms with E-state index in [9.17, 15) is 0 Å². The fourth-order valence-electron chi connectivity index (χ4n) is 1.57. The Balaban J connectivity index is 2.32. The molecule has 1 rings (SSSR count). The predicted molar refractivity (Wildman–Crippen MR) is 56.5 cm³/mol. The molecule has 0 aliphatic heterocycles. The van der Waals surface area contributed by atoms with Crippen LogP contribution in [0.25, 0.3) is 0 Å². The van der Waals surface area contributed by atoms with Gasteiger partial charge in [-0.3, -0.25) is 0 Å². The van der Waals surface area contributed by atoms with Crippen molar-refractivity contribution in [1.29, 1.82) is 0 Å². The Morgan fingerprint density at radius 3 is 2.69 bits per heavy atom. The maximum absolute atomic E-state index is 3.54. The standard InChI is InChI=1S/C11H20N2/c1-4-11(9(2)3)13-8-10-6-5-7-12-10/h5-7,9,11-13H,4,8H2,1-3H3. The first kappa shape index (κ1) is 10.3. The molecule has 1 atom stereocenters. The molecule has 2 nitrogen and oxygen atoms in total. The third-order valence-corrected chi connectivity index (χ3v) is 2.46.